The largest absolute Gasteiger partial charge is 0.354 e. The molecule has 1 unspecified atom stereocenters. The Bertz CT molecular complexity index is 301. The van der Waals surface area contributed by atoms with Crippen molar-refractivity contribution in [1.82, 2.24) is 16.0 Å². The Labute approximate surface area is 102 Å². The van der Waals surface area contributed by atoms with Crippen LogP contribution in [0.15, 0.2) is 0 Å². The molecule has 0 aromatic heterocycles. The minimum atomic E-state index is -0.280. The van der Waals surface area contributed by atoms with Crippen LogP contribution in [-0.4, -0.2) is 37.5 Å². The fourth-order valence-electron chi connectivity index (χ4n) is 2.58. The molecule has 1 aliphatic carbocycles. The van der Waals surface area contributed by atoms with Crippen molar-refractivity contribution in [2.24, 2.45) is 5.41 Å². The predicted molar refractivity (Wildman–Crippen MR) is 64.4 cm³/mol. The smallest absolute Gasteiger partial charge is 0.238 e. The Kier molecular flexibility index (Phi) is 3.66. The lowest BCUT2D eigenvalue weighted by Gasteiger charge is -2.27. The average Bonchev–Trinajstić information content (AvgIpc) is 2.75. The zero-order valence-electron chi connectivity index (χ0n) is 10.3. The molecule has 1 saturated carbocycles. The number of rotatable bonds is 3. The van der Waals surface area contributed by atoms with Crippen LogP contribution < -0.4 is 16.0 Å². The number of amides is 2. The first-order chi connectivity index (χ1) is 8.09. The molecule has 0 spiro atoms. The van der Waals surface area contributed by atoms with Crippen LogP contribution in [0.4, 0.5) is 0 Å². The summed E-state index contributed by atoms with van der Waals surface area (Å²) in [5.74, 6) is -0.0464. The highest BCUT2D eigenvalue weighted by Crippen LogP contribution is 2.36. The van der Waals surface area contributed by atoms with Crippen LogP contribution in [0.5, 0.6) is 0 Å². The van der Waals surface area contributed by atoms with Crippen molar-refractivity contribution >= 4 is 11.8 Å². The first kappa shape index (κ1) is 12.4. The average molecular weight is 239 g/mol. The lowest BCUT2D eigenvalue weighted by molar-refractivity contribution is -0.126. The van der Waals surface area contributed by atoms with E-state index >= 15 is 0 Å². The first-order valence-corrected chi connectivity index (χ1v) is 6.37. The molecule has 5 nitrogen and oxygen atoms in total. The quantitative estimate of drug-likeness (QED) is 0.637. The second-order valence-electron chi connectivity index (χ2n) is 5.47. The van der Waals surface area contributed by atoms with Gasteiger partial charge in [-0.15, -0.1) is 0 Å². The Morgan fingerprint density at radius 2 is 2.18 bits per heavy atom. The van der Waals surface area contributed by atoms with Crippen LogP contribution in [0.3, 0.4) is 0 Å². The number of hydrogen-bond donors (Lipinski definition) is 3. The first-order valence-electron chi connectivity index (χ1n) is 6.37. The van der Waals surface area contributed by atoms with Crippen LogP contribution in [-0.2, 0) is 9.59 Å². The van der Waals surface area contributed by atoms with Crippen molar-refractivity contribution in [3.05, 3.63) is 0 Å². The molecule has 0 aromatic carbocycles. The molecule has 1 aliphatic heterocycles. The summed E-state index contributed by atoms with van der Waals surface area (Å²) in [6.07, 6.45) is 4.93. The molecular formula is C12H21N3O2. The summed E-state index contributed by atoms with van der Waals surface area (Å²) in [5.41, 5.74) is 0.271. The highest BCUT2D eigenvalue weighted by atomic mass is 16.2. The molecule has 0 aromatic rings. The summed E-state index contributed by atoms with van der Waals surface area (Å²) in [7, 11) is 0. The number of carbonyl (C=O) groups excluding carboxylic acids is 2. The van der Waals surface area contributed by atoms with E-state index in [9.17, 15) is 9.59 Å². The highest BCUT2D eigenvalue weighted by Gasteiger charge is 2.30. The number of carbonyl (C=O) groups is 2. The van der Waals surface area contributed by atoms with Gasteiger partial charge >= 0.3 is 0 Å². The fraction of sp³-hybridized carbons (Fsp3) is 0.833. The molecule has 5 heteroatoms. The van der Waals surface area contributed by atoms with Gasteiger partial charge in [0.05, 0.1) is 6.54 Å². The van der Waals surface area contributed by atoms with Crippen LogP contribution in [0.25, 0.3) is 0 Å². The summed E-state index contributed by atoms with van der Waals surface area (Å²) in [6, 6.07) is -0.280. The molecule has 96 valence electrons. The standard InChI is InChI=1S/C12H21N3O2/c1-12(4-2-3-5-12)8-15-11(17)9-6-14-10(16)7-13-9/h9,13H,2-8H2,1H3,(H,14,16)(H,15,17). The van der Waals surface area contributed by atoms with E-state index in [0.29, 0.717) is 6.54 Å². The SMILES string of the molecule is CC1(CNC(=O)C2CNC(=O)CN2)CCCC1. The summed E-state index contributed by atoms with van der Waals surface area (Å²) in [5, 5.41) is 8.62. The summed E-state index contributed by atoms with van der Waals surface area (Å²) in [4.78, 5) is 22.8. The minimum Gasteiger partial charge on any atom is -0.354 e. The van der Waals surface area contributed by atoms with Gasteiger partial charge in [-0.25, -0.2) is 0 Å². The zero-order valence-corrected chi connectivity index (χ0v) is 10.3. The number of hydrogen-bond acceptors (Lipinski definition) is 3. The van der Waals surface area contributed by atoms with Crippen LogP contribution in [0.2, 0.25) is 0 Å². The van der Waals surface area contributed by atoms with E-state index in [4.69, 9.17) is 0 Å². The monoisotopic (exact) mass is 239 g/mol. The van der Waals surface area contributed by atoms with E-state index in [0.717, 1.165) is 6.54 Å². The third kappa shape index (κ3) is 3.19. The topological polar surface area (TPSA) is 70.2 Å². The third-order valence-corrected chi connectivity index (χ3v) is 3.83. The maximum Gasteiger partial charge on any atom is 0.238 e. The molecule has 0 bridgehead atoms. The Morgan fingerprint density at radius 3 is 2.76 bits per heavy atom. The van der Waals surface area contributed by atoms with E-state index in [-0.39, 0.29) is 29.8 Å². The Balaban J connectivity index is 1.75. The molecule has 3 N–H and O–H groups in total. The van der Waals surface area contributed by atoms with E-state index in [1.807, 2.05) is 0 Å². The molecular weight excluding hydrogens is 218 g/mol. The second kappa shape index (κ2) is 5.04. The minimum absolute atomic E-state index is 0.00174. The number of piperazine rings is 1. The lowest BCUT2D eigenvalue weighted by atomic mass is 9.89. The fourth-order valence-corrected chi connectivity index (χ4v) is 2.58. The summed E-state index contributed by atoms with van der Waals surface area (Å²) < 4.78 is 0. The van der Waals surface area contributed by atoms with Gasteiger partial charge in [0.15, 0.2) is 0 Å². The van der Waals surface area contributed by atoms with Gasteiger partial charge in [0.1, 0.15) is 6.04 Å². The summed E-state index contributed by atoms with van der Waals surface area (Å²) >= 11 is 0. The van der Waals surface area contributed by atoms with Crippen LogP contribution in [0.1, 0.15) is 32.6 Å². The van der Waals surface area contributed by atoms with E-state index in [2.05, 4.69) is 22.9 Å². The van der Waals surface area contributed by atoms with E-state index in [1.165, 1.54) is 25.7 Å². The van der Waals surface area contributed by atoms with Crippen molar-refractivity contribution in [1.29, 1.82) is 0 Å². The maximum atomic E-state index is 11.9. The van der Waals surface area contributed by atoms with Gasteiger partial charge in [-0.2, -0.15) is 0 Å². The Morgan fingerprint density at radius 1 is 1.47 bits per heavy atom. The van der Waals surface area contributed by atoms with Crippen molar-refractivity contribution in [2.45, 2.75) is 38.6 Å². The zero-order chi connectivity index (χ0) is 12.3. The molecule has 2 fully saturated rings. The molecule has 2 amide bonds. The molecule has 1 saturated heterocycles. The van der Waals surface area contributed by atoms with E-state index < -0.39 is 0 Å². The van der Waals surface area contributed by atoms with Crippen molar-refractivity contribution in [2.75, 3.05) is 19.6 Å². The maximum absolute atomic E-state index is 11.9. The van der Waals surface area contributed by atoms with Crippen molar-refractivity contribution in [3.8, 4) is 0 Å². The van der Waals surface area contributed by atoms with Crippen LogP contribution >= 0.6 is 0 Å². The Hall–Kier alpha value is -1.10. The summed E-state index contributed by atoms with van der Waals surface area (Å²) in [6.45, 7) is 3.60. The lowest BCUT2D eigenvalue weighted by Crippen LogP contribution is -2.58. The van der Waals surface area contributed by atoms with Crippen molar-refractivity contribution in [3.63, 3.8) is 0 Å². The normalized spacial score (nSPS) is 27.6. The highest BCUT2D eigenvalue weighted by molar-refractivity contribution is 5.86. The molecule has 1 heterocycles. The van der Waals surface area contributed by atoms with Gasteiger partial charge in [-0.1, -0.05) is 19.8 Å². The third-order valence-electron chi connectivity index (χ3n) is 3.83. The number of nitrogens with one attached hydrogen (secondary N) is 3. The molecule has 0 radical (unpaired) electrons. The van der Waals surface area contributed by atoms with Crippen molar-refractivity contribution < 1.29 is 9.59 Å². The molecule has 2 aliphatic rings. The predicted octanol–water partition coefficient (Wildman–Crippen LogP) is -0.229. The second-order valence-corrected chi connectivity index (χ2v) is 5.47. The van der Waals surface area contributed by atoms with Crippen LogP contribution in [0, 0.1) is 5.41 Å². The van der Waals surface area contributed by atoms with Gasteiger partial charge in [0, 0.05) is 13.1 Å². The van der Waals surface area contributed by atoms with E-state index in [1.54, 1.807) is 0 Å². The van der Waals surface area contributed by atoms with Gasteiger partial charge in [0.25, 0.3) is 0 Å². The van der Waals surface area contributed by atoms with Gasteiger partial charge < -0.3 is 10.6 Å². The van der Waals surface area contributed by atoms with Gasteiger partial charge in [0.2, 0.25) is 11.8 Å². The van der Waals surface area contributed by atoms with Gasteiger partial charge in [-0.3, -0.25) is 14.9 Å². The molecule has 2 rings (SSSR count). The molecule has 17 heavy (non-hydrogen) atoms. The molecule has 1 atom stereocenters. The van der Waals surface area contributed by atoms with Gasteiger partial charge in [-0.05, 0) is 18.3 Å².